The van der Waals surface area contributed by atoms with Crippen molar-refractivity contribution in [1.29, 1.82) is 0 Å². The quantitative estimate of drug-likeness (QED) is 0.185. The van der Waals surface area contributed by atoms with Crippen LogP contribution in [0.4, 0.5) is 5.69 Å². The van der Waals surface area contributed by atoms with Crippen LogP contribution in [0.1, 0.15) is 71.4 Å². The Kier molecular flexibility index (Phi) is 8.38. The number of benzene rings is 2. The number of anilines is 1. The van der Waals surface area contributed by atoms with E-state index < -0.39 is 17.2 Å². The van der Waals surface area contributed by atoms with Gasteiger partial charge < -0.3 is 24.9 Å². The molecule has 12 heteroatoms. The van der Waals surface area contributed by atoms with Gasteiger partial charge in [-0.15, -0.1) is 11.3 Å². The van der Waals surface area contributed by atoms with Crippen LogP contribution in [0.2, 0.25) is 0 Å². The molecule has 4 aromatic rings. The molecule has 0 aliphatic heterocycles. The highest BCUT2D eigenvalue weighted by Crippen LogP contribution is 2.39. The van der Waals surface area contributed by atoms with Crippen LogP contribution in [0, 0.1) is 5.92 Å². The summed E-state index contributed by atoms with van der Waals surface area (Å²) in [5.41, 5.74) is 12.2. The van der Waals surface area contributed by atoms with E-state index >= 15 is 0 Å². The molecule has 0 amide bonds. The van der Waals surface area contributed by atoms with Crippen molar-refractivity contribution >= 4 is 34.3 Å². The molecule has 2 fully saturated rings. The lowest BCUT2D eigenvalue weighted by molar-refractivity contribution is 0.0691. The Balaban J connectivity index is 1.46. The molecule has 1 atom stereocenters. The first kappa shape index (κ1) is 28.5. The summed E-state index contributed by atoms with van der Waals surface area (Å²) < 4.78 is 32.8. The van der Waals surface area contributed by atoms with Crippen molar-refractivity contribution in [2.75, 3.05) is 4.72 Å². The summed E-state index contributed by atoms with van der Waals surface area (Å²) in [4.78, 5) is 16.0. The number of nitrogens with one attached hydrogen (secondary N) is 1. The smallest absolute Gasteiger partial charge is 0.355 e. The van der Waals surface area contributed by atoms with Gasteiger partial charge in [0, 0.05) is 52.0 Å². The third kappa shape index (κ3) is 6.41. The summed E-state index contributed by atoms with van der Waals surface area (Å²) in [5, 5.41) is 16.6. The molecular weight excluding hydrogens is 574 g/mol. The second-order valence-electron chi connectivity index (χ2n) is 10.9. The fourth-order valence-corrected chi connectivity index (χ4v) is 6.58. The van der Waals surface area contributed by atoms with E-state index in [9.17, 15) is 18.7 Å². The minimum Gasteiger partial charge on any atom is -0.755 e. The van der Waals surface area contributed by atoms with E-state index in [0.717, 1.165) is 84.3 Å². The third-order valence-electron chi connectivity index (χ3n) is 7.85. The highest BCUT2D eigenvalue weighted by molar-refractivity contribution is 7.80. The third-order valence-corrected chi connectivity index (χ3v) is 9.07. The molecular formula is C30H32N5O5S2-. The Bertz CT molecular complexity index is 1610. The molecule has 42 heavy (non-hydrogen) atoms. The molecule has 2 aromatic heterocycles. The van der Waals surface area contributed by atoms with Gasteiger partial charge >= 0.3 is 5.97 Å². The van der Waals surface area contributed by atoms with Crippen LogP contribution in [0.3, 0.4) is 0 Å². The SMILES string of the molecule is NCc1ccc(-c2nn(-c3nc(C(=O)O)cs3)c(CC3CC3)c2Cc2ccc(NS(=O)[O-])cc2)cc1OC1CCCC1. The molecule has 2 heterocycles. The van der Waals surface area contributed by atoms with Gasteiger partial charge in [0.15, 0.2) is 5.69 Å². The average Bonchev–Trinajstić information content (AvgIpc) is 3.31. The summed E-state index contributed by atoms with van der Waals surface area (Å²) in [6, 6.07) is 13.3. The number of nitrogens with two attached hydrogens (primary N) is 1. The number of carboxylic acids is 1. The predicted molar refractivity (Wildman–Crippen MR) is 161 cm³/mol. The van der Waals surface area contributed by atoms with E-state index in [0.29, 0.717) is 29.7 Å². The number of carboxylic acid groups (broad SMARTS) is 1. The Labute approximate surface area is 250 Å². The normalized spacial score (nSPS) is 16.0. The van der Waals surface area contributed by atoms with Gasteiger partial charge in [-0.2, -0.15) is 5.10 Å². The number of rotatable bonds is 12. The maximum atomic E-state index is 11.6. The standard InChI is InChI=1S/C30H33N5O5S2/c31-16-21-10-9-20(15-27(21)40-23-3-1-2-4-23)28-24(13-18-7-11-22(12-8-18)34-42(38)39)26(14-19-5-6-19)35(33-28)30-32-25(17-41-30)29(36)37/h7-12,15,17,19,23,34H,1-6,13-14,16,31H2,(H,36,37)(H,38,39)/p-1. The van der Waals surface area contributed by atoms with Crippen LogP contribution in [0.15, 0.2) is 47.8 Å². The van der Waals surface area contributed by atoms with Crippen molar-refractivity contribution in [2.24, 2.45) is 11.7 Å². The number of hydrogen-bond donors (Lipinski definition) is 3. The van der Waals surface area contributed by atoms with Crippen molar-refractivity contribution in [3.63, 3.8) is 0 Å². The molecule has 220 valence electrons. The lowest BCUT2D eigenvalue weighted by Gasteiger charge is -2.17. The summed E-state index contributed by atoms with van der Waals surface area (Å²) in [7, 11) is 0. The van der Waals surface area contributed by atoms with Gasteiger partial charge in [0.05, 0.1) is 17.5 Å². The molecule has 2 aromatic carbocycles. The van der Waals surface area contributed by atoms with E-state index in [-0.39, 0.29) is 11.8 Å². The molecule has 10 nitrogen and oxygen atoms in total. The summed E-state index contributed by atoms with van der Waals surface area (Å²) in [6.45, 7) is 0.363. The second kappa shape index (κ2) is 12.3. The first-order valence-electron chi connectivity index (χ1n) is 14.1. The Morgan fingerprint density at radius 1 is 1.17 bits per heavy atom. The molecule has 0 radical (unpaired) electrons. The number of ether oxygens (including phenoxy) is 1. The van der Waals surface area contributed by atoms with Crippen molar-refractivity contribution in [1.82, 2.24) is 14.8 Å². The van der Waals surface area contributed by atoms with Crippen molar-refractivity contribution in [2.45, 2.75) is 64.0 Å². The Morgan fingerprint density at radius 3 is 2.57 bits per heavy atom. The predicted octanol–water partition coefficient (Wildman–Crippen LogP) is 5.22. The van der Waals surface area contributed by atoms with Gasteiger partial charge in [-0.1, -0.05) is 24.3 Å². The van der Waals surface area contributed by atoms with Crippen molar-refractivity contribution < 1.29 is 23.4 Å². The molecule has 2 aliphatic rings. The summed E-state index contributed by atoms with van der Waals surface area (Å²) in [6.07, 6.45) is 8.16. The second-order valence-corrected chi connectivity index (χ2v) is 12.4. The highest BCUT2D eigenvalue weighted by atomic mass is 32.2. The number of aromatic carboxylic acids is 1. The summed E-state index contributed by atoms with van der Waals surface area (Å²) >= 11 is -1.15. The van der Waals surface area contributed by atoms with E-state index in [2.05, 4.69) is 9.71 Å². The average molecular weight is 607 g/mol. The minimum absolute atomic E-state index is 0.00984. The number of nitrogens with zero attached hydrogens (tertiary/aromatic N) is 3. The lowest BCUT2D eigenvalue weighted by atomic mass is 9.96. The maximum absolute atomic E-state index is 11.6. The Hall–Kier alpha value is -3.58. The van der Waals surface area contributed by atoms with E-state index in [1.807, 2.05) is 35.0 Å². The first-order chi connectivity index (χ1) is 20.4. The molecule has 2 aliphatic carbocycles. The van der Waals surface area contributed by atoms with Crippen LogP contribution in [0.5, 0.6) is 5.75 Å². The molecule has 4 N–H and O–H groups in total. The van der Waals surface area contributed by atoms with Gasteiger partial charge in [0.25, 0.3) is 0 Å². The van der Waals surface area contributed by atoms with Crippen LogP contribution in [-0.4, -0.2) is 40.7 Å². The Morgan fingerprint density at radius 2 is 1.93 bits per heavy atom. The first-order valence-corrected chi connectivity index (χ1v) is 16.1. The fraction of sp³-hybridized carbons (Fsp3) is 0.367. The van der Waals surface area contributed by atoms with Gasteiger partial charge in [-0.25, -0.2) is 14.5 Å². The molecule has 2 saturated carbocycles. The largest absolute Gasteiger partial charge is 0.755 e. The zero-order chi connectivity index (χ0) is 29.2. The number of carbonyl (C=O) groups is 1. The van der Waals surface area contributed by atoms with E-state index in [1.54, 1.807) is 12.1 Å². The lowest BCUT2D eigenvalue weighted by Crippen LogP contribution is -2.13. The van der Waals surface area contributed by atoms with Crippen LogP contribution in [-0.2, 0) is 30.7 Å². The van der Waals surface area contributed by atoms with Crippen molar-refractivity contribution in [3.05, 3.63) is 75.9 Å². The highest BCUT2D eigenvalue weighted by Gasteiger charge is 2.30. The summed E-state index contributed by atoms with van der Waals surface area (Å²) in [5.74, 6) is 0.229. The van der Waals surface area contributed by atoms with E-state index in [1.165, 1.54) is 16.7 Å². The fourth-order valence-electron chi connectivity index (χ4n) is 5.48. The zero-order valence-electron chi connectivity index (χ0n) is 23.0. The molecule has 0 bridgehead atoms. The number of aromatic nitrogens is 3. The number of hydrogen-bond acceptors (Lipinski definition) is 8. The van der Waals surface area contributed by atoms with Gasteiger partial charge in [0.2, 0.25) is 5.13 Å². The van der Waals surface area contributed by atoms with E-state index in [4.69, 9.17) is 15.6 Å². The van der Waals surface area contributed by atoms with Gasteiger partial charge in [-0.05, 0) is 74.6 Å². The molecule has 1 unspecified atom stereocenters. The van der Waals surface area contributed by atoms with Gasteiger partial charge in [0.1, 0.15) is 5.75 Å². The molecule has 6 rings (SSSR count). The van der Waals surface area contributed by atoms with Crippen molar-refractivity contribution in [3.8, 4) is 22.1 Å². The maximum Gasteiger partial charge on any atom is 0.355 e. The topological polar surface area (TPSA) is 155 Å². The molecule has 0 saturated heterocycles. The molecule has 0 spiro atoms. The number of thiazole rings is 1. The zero-order valence-corrected chi connectivity index (χ0v) is 24.6. The minimum atomic E-state index is -2.40. The van der Waals surface area contributed by atoms with Crippen LogP contribution in [0.25, 0.3) is 16.4 Å². The van der Waals surface area contributed by atoms with Crippen LogP contribution < -0.4 is 15.2 Å². The van der Waals surface area contributed by atoms with Gasteiger partial charge in [-0.3, -0.25) is 4.21 Å². The van der Waals surface area contributed by atoms with Crippen LogP contribution >= 0.6 is 11.3 Å². The monoisotopic (exact) mass is 606 g/mol.